The second-order valence-corrected chi connectivity index (χ2v) is 3.57. The molecule has 0 bridgehead atoms. The number of rotatable bonds is 4. The van der Waals surface area contributed by atoms with Crippen molar-refractivity contribution in [2.75, 3.05) is 18.5 Å². The zero-order valence-corrected chi connectivity index (χ0v) is 9.07. The molecule has 0 saturated heterocycles. The minimum Gasteiger partial charge on any atom is -0.371 e. The molecule has 15 heavy (non-hydrogen) atoms. The van der Waals surface area contributed by atoms with Crippen molar-refractivity contribution in [1.82, 2.24) is 0 Å². The van der Waals surface area contributed by atoms with Crippen molar-refractivity contribution >= 4 is 5.69 Å². The molecule has 0 aliphatic heterocycles. The number of hydrogen-bond donors (Lipinski definition) is 0. The molecule has 0 spiro atoms. The van der Waals surface area contributed by atoms with Crippen molar-refractivity contribution in [3.05, 3.63) is 30.1 Å². The number of para-hydroxylation sites is 1. The molecule has 1 aromatic rings. The summed E-state index contributed by atoms with van der Waals surface area (Å²) in [6.45, 7) is 2.52. The Labute approximate surface area is 89.9 Å². The van der Waals surface area contributed by atoms with Crippen molar-refractivity contribution in [2.45, 2.75) is 13.3 Å². The predicted molar refractivity (Wildman–Crippen MR) is 59.1 cm³/mol. The lowest BCUT2D eigenvalue weighted by Gasteiger charge is -2.21. The Morgan fingerprint density at radius 2 is 2.13 bits per heavy atom. The van der Waals surface area contributed by atoms with E-state index in [9.17, 15) is 4.39 Å². The lowest BCUT2D eigenvalue weighted by Crippen LogP contribution is -2.25. The maximum atomic E-state index is 13.4. The first-order chi connectivity index (χ1) is 7.19. The van der Waals surface area contributed by atoms with Crippen LogP contribution in [0.15, 0.2) is 24.3 Å². The Morgan fingerprint density at radius 1 is 1.47 bits per heavy atom. The van der Waals surface area contributed by atoms with Gasteiger partial charge in [-0.1, -0.05) is 19.1 Å². The average molecular weight is 206 g/mol. The summed E-state index contributed by atoms with van der Waals surface area (Å²) in [5.74, 6) is -0.289. The largest absolute Gasteiger partial charge is 0.371 e. The molecule has 0 saturated carbocycles. The molecular formula is C12H15FN2. The SMILES string of the molecule is CCC(C#N)CN(C)c1ccccc1F. The first-order valence-electron chi connectivity index (χ1n) is 5.04. The summed E-state index contributed by atoms with van der Waals surface area (Å²) in [4.78, 5) is 1.78. The minimum atomic E-state index is -0.243. The van der Waals surface area contributed by atoms with E-state index in [2.05, 4.69) is 6.07 Å². The average Bonchev–Trinajstić information content (AvgIpc) is 2.26. The van der Waals surface area contributed by atoms with Crippen LogP contribution in [0.1, 0.15) is 13.3 Å². The van der Waals surface area contributed by atoms with Crippen LogP contribution in [0.4, 0.5) is 10.1 Å². The Bertz CT molecular complexity index is 357. The van der Waals surface area contributed by atoms with Gasteiger partial charge in [-0.2, -0.15) is 5.26 Å². The molecule has 0 aromatic heterocycles. The Hall–Kier alpha value is -1.56. The van der Waals surface area contributed by atoms with Crippen molar-refractivity contribution in [2.24, 2.45) is 5.92 Å². The molecule has 0 aliphatic rings. The highest BCUT2D eigenvalue weighted by atomic mass is 19.1. The summed E-state index contributed by atoms with van der Waals surface area (Å²) in [6.07, 6.45) is 0.787. The number of nitriles is 1. The normalized spacial score (nSPS) is 11.9. The van der Waals surface area contributed by atoms with Gasteiger partial charge in [0.2, 0.25) is 0 Å². The van der Waals surface area contributed by atoms with E-state index in [0.717, 1.165) is 6.42 Å². The highest BCUT2D eigenvalue weighted by molar-refractivity contribution is 5.46. The van der Waals surface area contributed by atoms with Gasteiger partial charge in [-0.15, -0.1) is 0 Å². The summed E-state index contributed by atoms with van der Waals surface area (Å²) in [5.41, 5.74) is 0.547. The third-order valence-corrected chi connectivity index (χ3v) is 2.43. The number of benzene rings is 1. The van der Waals surface area contributed by atoms with Gasteiger partial charge in [0, 0.05) is 13.6 Å². The second-order valence-electron chi connectivity index (χ2n) is 3.57. The monoisotopic (exact) mass is 206 g/mol. The molecule has 80 valence electrons. The van der Waals surface area contributed by atoms with E-state index in [4.69, 9.17) is 5.26 Å². The van der Waals surface area contributed by atoms with Crippen LogP contribution in [0, 0.1) is 23.1 Å². The van der Waals surface area contributed by atoms with Crippen LogP contribution in [0.3, 0.4) is 0 Å². The van der Waals surface area contributed by atoms with Crippen LogP contribution in [0.25, 0.3) is 0 Å². The first-order valence-corrected chi connectivity index (χ1v) is 5.04. The minimum absolute atomic E-state index is 0.0467. The molecule has 1 aromatic carbocycles. The molecule has 0 aliphatic carbocycles. The molecule has 1 unspecified atom stereocenters. The van der Waals surface area contributed by atoms with Crippen molar-refractivity contribution in [3.8, 4) is 6.07 Å². The van der Waals surface area contributed by atoms with E-state index < -0.39 is 0 Å². The summed E-state index contributed by atoms with van der Waals surface area (Å²) < 4.78 is 13.4. The fourth-order valence-electron chi connectivity index (χ4n) is 1.45. The molecule has 0 radical (unpaired) electrons. The zero-order chi connectivity index (χ0) is 11.3. The number of anilines is 1. The van der Waals surface area contributed by atoms with Crippen LogP contribution < -0.4 is 4.90 Å². The van der Waals surface area contributed by atoms with E-state index in [1.165, 1.54) is 6.07 Å². The topological polar surface area (TPSA) is 27.0 Å². The highest BCUT2D eigenvalue weighted by Gasteiger charge is 2.11. The molecular weight excluding hydrogens is 191 g/mol. The summed E-state index contributed by atoms with van der Waals surface area (Å²) >= 11 is 0. The predicted octanol–water partition coefficient (Wildman–Crippen LogP) is 2.81. The Morgan fingerprint density at radius 3 is 2.67 bits per heavy atom. The van der Waals surface area contributed by atoms with E-state index in [0.29, 0.717) is 12.2 Å². The lowest BCUT2D eigenvalue weighted by atomic mass is 10.1. The molecule has 0 N–H and O–H groups in total. The number of halogens is 1. The highest BCUT2D eigenvalue weighted by Crippen LogP contribution is 2.18. The first kappa shape index (κ1) is 11.5. The van der Waals surface area contributed by atoms with Gasteiger partial charge >= 0.3 is 0 Å². The van der Waals surface area contributed by atoms with Crippen LogP contribution >= 0.6 is 0 Å². The second kappa shape index (κ2) is 5.35. The smallest absolute Gasteiger partial charge is 0.146 e. The number of nitrogens with zero attached hydrogens (tertiary/aromatic N) is 2. The molecule has 1 rings (SSSR count). The molecule has 0 amide bonds. The van der Waals surface area contributed by atoms with Gasteiger partial charge in [-0.3, -0.25) is 0 Å². The standard InChI is InChI=1S/C12H15FN2/c1-3-10(8-14)9-15(2)12-7-5-4-6-11(12)13/h4-7,10H,3,9H2,1-2H3. The zero-order valence-electron chi connectivity index (χ0n) is 9.07. The maximum Gasteiger partial charge on any atom is 0.146 e. The molecule has 1 atom stereocenters. The molecule has 0 fully saturated rings. The van der Waals surface area contributed by atoms with Crippen LogP contribution in [-0.4, -0.2) is 13.6 Å². The molecule has 2 nitrogen and oxygen atoms in total. The quantitative estimate of drug-likeness (QED) is 0.757. The lowest BCUT2D eigenvalue weighted by molar-refractivity contribution is 0.598. The number of hydrogen-bond acceptors (Lipinski definition) is 2. The van der Waals surface area contributed by atoms with E-state index >= 15 is 0 Å². The van der Waals surface area contributed by atoms with Crippen LogP contribution in [0.5, 0.6) is 0 Å². The van der Waals surface area contributed by atoms with Gasteiger partial charge in [-0.25, -0.2) is 4.39 Å². The van der Waals surface area contributed by atoms with Gasteiger partial charge in [0.25, 0.3) is 0 Å². The van der Waals surface area contributed by atoms with Crippen molar-refractivity contribution < 1.29 is 4.39 Å². The fraction of sp³-hybridized carbons (Fsp3) is 0.417. The molecule has 3 heteroatoms. The van der Waals surface area contributed by atoms with Crippen LogP contribution in [-0.2, 0) is 0 Å². The summed E-state index contributed by atoms with van der Waals surface area (Å²) in [6, 6.07) is 8.81. The van der Waals surface area contributed by atoms with E-state index in [1.807, 2.05) is 6.92 Å². The van der Waals surface area contributed by atoms with E-state index in [-0.39, 0.29) is 11.7 Å². The summed E-state index contributed by atoms with van der Waals surface area (Å²) in [7, 11) is 1.80. The van der Waals surface area contributed by atoms with Gasteiger partial charge in [0.15, 0.2) is 0 Å². The Balaban J connectivity index is 2.73. The third kappa shape index (κ3) is 2.95. The third-order valence-electron chi connectivity index (χ3n) is 2.43. The van der Waals surface area contributed by atoms with Crippen LogP contribution in [0.2, 0.25) is 0 Å². The maximum absolute atomic E-state index is 13.4. The van der Waals surface area contributed by atoms with Crippen molar-refractivity contribution in [1.29, 1.82) is 5.26 Å². The van der Waals surface area contributed by atoms with Gasteiger partial charge in [-0.05, 0) is 18.6 Å². The van der Waals surface area contributed by atoms with E-state index in [1.54, 1.807) is 30.1 Å². The summed E-state index contributed by atoms with van der Waals surface area (Å²) in [5, 5.41) is 8.82. The van der Waals surface area contributed by atoms with Gasteiger partial charge < -0.3 is 4.90 Å². The Kier molecular flexibility index (Phi) is 4.11. The van der Waals surface area contributed by atoms with Crippen molar-refractivity contribution in [3.63, 3.8) is 0 Å². The molecule has 0 heterocycles. The van der Waals surface area contributed by atoms with Gasteiger partial charge in [0.1, 0.15) is 5.82 Å². The fourth-order valence-corrected chi connectivity index (χ4v) is 1.45. The van der Waals surface area contributed by atoms with Gasteiger partial charge in [0.05, 0.1) is 17.7 Å².